The van der Waals surface area contributed by atoms with Gasteiger partial charge < -0.3 is 9.88 Å². The third kappa shape index (κ3) is 5.18. The van der Waals surface area contributed by atoms with E-state index in [2.05, 4.69) is 9.97 Å². The first-order valence-corrected chi connectivity index (χ1v) is 11.8. The van der Waals surface area contributed by atoms with E-state index in [1.54, 1.807) is 0 Å². The second-order valence-corrected chi connectivity index (χ2v) is 9.80. The van der Waals surface area contributed by atoms with Crippen molar-refractivity contribution in [2.45, 2.75) is 37.8 Å². The normalized spacial score (nSPS) is 15.7. The minimum Gasteiger partial charge on any atom is -0.340 e. The number of hydrogen-bond donors (Lipinski definition) is 1. The maximum Gasteiger partial charge on any atom is 0.417 e. The van der Waals surface area contributed by atoms with Crippen molar-refractivity contribution in [3.8, 4) is 0 Å². The van der Waals surface area contributed by atoms with E-state index in [0.717, 1.165) is 39.5 Å². The molecule has 32 heavy (non-hydrogen) atoms. The van der Waals surface area contributed by atoms with Gasteiger partial charge in [-0.25, -0.2) is 13.4 Å². The number of nitrogens with zero attached hydrogens (tertiary/aromatic N) is 3. The second kappa shape index (κ2) is 9.28. The minimum atomic E-state index is -4.78. The van der Waals surface area contributed by atoms with Crippen molar-refractivity contribution in [2.75, 3.05) is 26.2 Å². The summed E-state index contributed by atoms with van der Waals surface area (Å²) < 4.78 is 66.9. The molecule has 2 heterocycles. The Morgan fingerprint density at radius 2 is 1.78 bits per heavy atom. The van der Waals surface area contributed by atoms with Crippen molar-refractivity contribution in [3.05, 3.63) is 51.6 Å². The van der Waals surface area contributed by atoms with Gasteiger partial charge in [0.2, 0.25) is 15.9 Å². The van der Waals surface area contributed by atoms with Gasteiger partial charge in [-0.2, -0.15) is 17.5 Å². The van der Waals surface area contributed by atoms with Gasteiger partial charge in [-0.15, -0.1) is 0 Å². The van der Waals surface area contributed by atoms with Gasteiger partial charge in [-0.1, -0.05) is 12.1 Å². The zero-order chi connectivity index (χ0) is 23.7. The Balaban J connectivity index is 1.65. The maximum absolute atomic E-state index is 13.3. The molecule has 0 spiro atoms. The number of sulfonamides is 1. The Morgan fingerprint density at radius 1 is 1.16 bits per heavy atom. The molecule has 0 aliphatic carbocycles. The largest absolute Gasteiger partial charge is 0.417 e. The van der Waals surface area contributed by atoms with Crippen molar-refractivity contribution in [1.29, 1.82) is 0 Å². The molecule has 2 aromatic rings. The summed E-state index contributed by atoms with van der Waals surface area (Å²) in [6.45, 7) is 3.75. The average Bonchev–Trinajstić information content (AvgIpc) is 2.72. The smallest absolute Gasteiger partial charge is 0.340 e. The van der Waals surface area contributed by atoms with Crippen LogP contribution in [0.3, 0.4) is 0 Å². The number of nitrogens with one attached hydrogen (secondary N) is 1. The number of aryl methyl sites for hydroxylation is 2. The summed E-state index contributed by atoms with van der Waals surface area (Å²) in [5.74, 6) is -0.154. The topological polar surface area (TPSA) is 86.4 Å². The van der Waals surface area contributed by atoms with Crippen LogP contribution in [0.4, 0.5) is 13.2 Å². The SMILES string of the molecule is Cc1nc(=S)[nH]c(C)c1CCC(=O)N1CCN(S(=O)(=O)c2ccccc2C(F)(F)F)CC1. The molecule has 1 N–H and O–H groups in total. The molecule has 0 saturated carbocycles. The fraction of sp³-hybridized carbons (Fsp3) is 0.450. The summed E-state index contributed by atoms with van der Waals surface area (Å²) in [5.41, 5.74) is 1.30. The first kappa shape index (κ1) is 24.3. The molecule has 1 aliphatic heterocycles. The van der Waals surface area contributed by atoms with E-state index in [1.165, 1.54) is 11.0 Å². The van der Waals surface area contributed by atoms with Crippen LogP contribution in [0.5, 0.6) is 0 Å². The van der Waals surface area contributed by atoms with Gasteiger partial charge in [-0.3, -0.25) is 4.79 Å². The van der Waals surface area contributed by atoms with Gasteiger partial charge in [0.15, 0.2) is 4.77 Å². The molecule has 1 aliphatic rings. The summed E-state index contributed by atoms with van der Waals surface area (Å²) in [4.78, 5) is 20.5. The highest BCUT2D eigenvalue weighted by atomic mass is 32.2. The molecule has 0 radical (unpaired) electrons. The number of carbonyl (C=O) groups is 1. The molecule has 12 heteroatoms. The Labute approximate surface area is 189 Å². The summed E-state index contributed by atoms with van der Waals surface area (Å²) >= 11 is 5.03. The Morgan fingerprint density at radius 3 is 2.38 bits per heavy atom. The van der Waals surface area contributed by atoms with Crippen molar-refractivity contribution in [2.24, 2.45) is 0 Å². The molecule has 1 aromatic heterocycles. The van der Waals surface area contributed by atoms with Crippen LogP contribution in [0.25, 0.3) is 0 Å². The average molecular weight is 489 g/mol. The molecule has 1 fully saturated rings. The second-order valence-electron chi connectivity index (χ2n) is 7.51. The van der Waals surface area contributed by atoms with Crippen molar-refractivity contribution in [3.63, 3.8) is 0 Å². The Hall–Kier alpha value is -2.31. The monoisotopic (exact) mass is 488 g/mol. The number of rotatable bonds is 5. The van der Waals surface area contributed by atoms with Crippen LogP contribution < -0.4 is 0 Å². The first-order chi connectivity index (χ1) is 14.9. The highest BCUT2D eigenvalue weighted by molar-refractivity contribution is 7.89. The zero-order valence-corrected chi connectivity index (χ0v) is 19.2. The fourth-order valence-corrected chi connectivity index (χ4v) is 5.68. The van der Waals surface area contributed by atoms with Gasteiger partial charge in [-0.05, 0) is 50.2 Å². The molecule has 1 aromatic carbocycles. The van der Waals surface area contributed by atoms with Crippen LogP contribution in [0.2, 0.25) is 0 Å². The third-order valence-corrected chi connectivity index (χ3v) is 7.59. The van der Waals surface area contributed by atoms with Crippen LogP contribution in [0, 0.1) is 18.6 Å². The molecule has 0 atom stereocenters. The lowest BCUT2D eigenvalue weighted by Gasteiger charge is -2.34. The lowest BCUT2D eigenvalue weighted by molar-refractivity contribution is -0.139. The van der Waals surface area contributed by atoms with Crippen LogP contribution in [-0.4, -0.2) is 59.7 Å². The van der Waals surface area contributed by atoms with Crippen molar-refractivity contribution >= 4 is 28.1 Å². The standard InChI is InChI=1S/C20H23F3N4O3S2/c1-13-15(14(2)25-19(31)24-13)7-8-18(28)26-9-11-27(12-10-26)32(29,30)17-6-4-3-5-16(17)20(21,22)23/h3-6H,7-12H2,1-2H3,(H,24,25,31). The van der Waals surface area contributed by atoms with Gasteiger partial charge in [0.25, 0.3) is 0 Å². The number of aromatic nitrogens is 2. The van der Waals surface area contributed by atoms with E-state index in [9.17, 15) is 26.4 Å². The lowest BCUT2D eigenvalue weighted by atomic mass is 10.1. The van der Waals surface area contributed by atoms with Gasteiger partial charge in [0.1, 0.15) is 0 Å². The highest BCUT2D eigenvalue weighted by Crippen LogP contribution is 2.35. The summed E-state index contributed by atoms with van der Waals surface area (Å²) in [6.07, 6.45) is -4.13. The highest BCUT2D eigenvalue weighted by Gasteiger charge is 2.39. The predicted octanol–water partition coefficient (Wildman–Crippen LogP) is 3.24. The zero-order valence-electron chi connectivity index (χ0n) is 17.6. The summed E-state index contributed by atoms with van der Waals surface area (Å²) in [7, 11) is -4.34. The Kier molecular flexibility index (Phi) is 7.06. The van der Waals surface area contributed by atoms with Crippen LogP contribution in [0.15, 0.2) is 29.2 Å². The predicted molar refractivity (Wildman–Crippen MR) is 114 cm³/mol. The molecular formula is C20H23F3N4O3S2. The van der Waals surface area contributed by atoms with Crippen molar-refractivity contribution < 1.29 is 26.4 Å². The number of aromatic amines is 1. The Bertz CT molecular complexity index is 1150. The molecular weight excluding hydrogens is 465 g/mol. The fourth-order valence-electron chi connectivity index (χ4n) is 3.76. The van der Waals surface area contributed by atoms with Crippen LogP contribution in [-0.2, 0) is 27.4 Å². The van der Waals surface area contributed by atoms with Gasteiger partial charge in [0.05, 0.1) is 10.5 Å². The molecule has 3 rings (SSSR count). The molecule has 0 unspecified atom stereocenters. The molecule has 7 nitrogen and oxygen atoms in total. The van der Waals surface area contributed by atoms with E-state index in [4.69, 9.17) is 12.2 Å². The lowest BCUT2D eigenvalue weighted by Crippen LogP contribution is -2.50. The van der Waals surface area contributed by atoms with E-state index >= 15 is 0 Å². The number of H-pyrrole nitrogens is 1. The first-order valence-electron chi connectivity index (χ1n) is 9.92. The number of hydrogen-bond acceptors (Lipinski definition) is 5. The minimum absolute atomic E-state index is 0.0711. The van der Waals surface area contributed by atoms with E-state index < -0.39 is 26.7 Å². The van der Waals surface area contributed by atoms with E-state index in [1.807, 2.05) is 13.8 Å². The van der Waals surface area contributed by atoms with E-state index in [0.29, 0.717) is 11.2 Å². The van der Waals surface area contributed by atoms with Gasteiger partial charge in [0, 0.05) is 44.0 Å². The van der Waals surface area contributed by atoms with Crippen LogP contribution in [0.1, 0.15) is 28.9 Å². The third-order valence-electron chi connectivity index (χ3n) is 5.44. The quantitative estimate of drug-likeness (QED) is 0.653. The molecule has 1 amide bonds. The number of piperazine rings is 1. The van der Waals surface area contributed by atoms with Gasteiger partial charge >= 0.3 is 6.18 Å². The molecule has 174 valence electrons. The summed E-state index contributed by atoms with van der Waals surface area (Å²) in [5, 5.41) is 0. The number of halogens is 3. The number of carbonyl (C=O) groups excluding carboxylic acids is 1. The molecule has 0 bridgehead atoms. The number of alkyl halides is 3. The summed E-state index contributed by atoms with van der Waals surface area (Å²) in [6, 6.07) is 4.12. The van der Waals surface area contributed by atoms with Crippen molar-refractivity contribution in [1.82, 2.24) is 19.2 Å². The van der Waals surface area contributed by atoms with E-state index in [-0.39, 0.29) is 38.5 Å². The van der Waals surface area contributed by atoms with Crippen LogP contribution >= 0.6 is 12.2 Å². The maximum atomic E-state index is 13.3. The number of amides is 1. The number of benzene rings is 1. The molecule has 1 saturated heterocycles.